The van der Waals surface area contributed by atoms with Gasteiger partial charge in [0.25, 0.3) is 5.91 Å². The molecule has 0 fully saturated rings. The summed E-state index contributed by atoms with van der Waals surface area (Å²) in [4.78, 5) is 24.4. The number of nitrogens with one attached hydrogen (secondary N) is 1. The Labute approximate surface area is 172 Å². The van der Waals surface area contributed by atoms with E-state index in [1.54, 1.807) is 19.2 Å². The molecule has 0 aliphatic carbocycles. The zero-order chi connectivity index (χ0) is 21.5. The Balaban J connectivity index is 1.70. The molecule has 0 radical (unpaired) electrons. The zero-order valence-corrected chi connectivity index (χ0v) is 16.1. The quantitative estimate of drug-likeness (QED) is 0.596. The molecule has 1 N–H and O–H groups in total. The lowest BCUT2D eigenvalue weighted by Crippen LogP contribution is -2.33. The second-order valence-electron chi connectivity index (χ2n) is 6.42. The molecular weight excluding hydrogens is 392 g/mol. The second-order valence-corrected chi connectivity index (χ2v) is 6.42. The van der Waals surface area contributed by atoms with Crippen molar-refractivity contribution in [3.8, 4) is 5.75 Å². The monoisotopic (exact) mass is 411 g/mol. The molecule has 5 nitrogen and oxygen atoms in total. The fraction of sp³-hybridized carbons (Fsp3) is 0.130. The van der Waals surface area contributed by atoms with Gasteiger partial charge in [0.1, 0.15) is 17.4 Å². The predicted molar refractivity (Wildman–Crippen MR) is 106 cm³/mol. The van der Waals surface area contributed by atoms with Gasteiger partial charge in [0.2, 0.25) is 0 Å². The van der Waals surface area contributed by atoms with Crippen molar-refractivity contribution >= 4 is 11.9 Å². The largest absolute Gasteiger partial charge is 0.497 e. The number of carbonyl (C=O) groups is 2. The van der Waals surface area contributed by atoms with Crippen molar-refractivity contribution in [3.05, 3.63) is 101 Å². The standard InChI is InChI=1S/C23H19F2NO4/c1-29-20-9-7-16(8-10-20)22(15-5-3-2-4-6-15)26-21(27)14-30-23(28)17-11-18(24)13-19(25)12-17/h2-13,22H,14H2,1H3,(H,26,27)/t22-/m1/s1. The molecule has 0 saturated carbocycles. The van der Waals surface area contributed by atoms with Gasteiger partial charge in [-0.3, -0.25) is 4.79 Å². The highest BCUT2D eigenvalue weighted by molar-refractivity contribution is 5.91. The normalized spacial score (nSPS) is 11.4. The van der Waals surface area contributed by atoms with E-state index in [1.165, 1.54) is 0 Å². The van der Waals surface area contributed by atoms with Crippen molar-refractivity contribution < 1.29 is 27.8 Å². The lowest BCUT2D eigenvalue weighted by molar-refractivity contribution is -0.124. The predicted octanol–water partition coefficient (Wildman–Crippen LogP) is 4.04. The van der Waals surface area contributed by atoms with Crippen molar-refractivity contribution in [3.63, 3.8) is 0 Å². The molecular formula is C23H19F2NO4. The number of halogens is 2. The van der Waals surface area contributed by atoms with Gasteiger partial charge >= 0.3 is 5.97 Å². The van der Waals surface area contributed by atoms with Crippen molar-refractivity contribution in [2.24, 2.45) is 0 Å². The van der Waals surface area contributed by atoms with E-state index < -0.39 is 36.2 Å². The minimum atomic E-state index is -0.996. The molecule has 1 amide bonds. The Morgan fingerprint density at radius 2 is 1.50 bits per heavy atom. The van der Waals surface area contributed by atoms with E-state index >= 15 is 0 Å². The minimum absolute atomic E-state index is 0.310. The summed E-state index contributed by atoms with van der Waals surface area (Å²) in [5, 5.41) is 2.81. The lowest BCUT2D eigenvalue weighted by Gasteiger charge is -2.20. The number of methoxy groups -OCH3 is 1. The number of rotatable bonds is 7. The average Bonchev–Trinajstić information content (AvgIpc) is 2.76. The van der Waals surface area contributed by atoms with E-state index in [2.05, 4.69) is 5.32 Å². The van der Waals surface area contributed by atoms with Gasteiger partial charge in [0.05, 0.1) is 18.7 Å². The molecule has 154 valence electrons. The van der Waals surface area contributed by atoms with E-state index in [9.17, 15) is 18.4 Å². The molecule has 0 aliphatic rings. The van der Waals surface area contributed by atoms with E-state index in [0.717, 1.165) is 23.3 Å². The number of hydrogen-bond donors (Lipinski definition) is 1. The van der Waals surface area contributed by atoms with E-state index in [4.69, 9.17) is 9.47 Å². The fourth-order valence-corrected chi connectivity index (χ4v) is 2.89. The van der Waals surface area contributed by atoms with Crippen LogP contribution in [0.5, 0.6) is 5.75 Å². The molecule has 3 rings (SSSR count). The van der Waals surface area contributed by atoms with Crippen LogP contribution >= 0.6 is 0 Å². The summed E-state index contributed by atoms with van der Waals surface area (Å²) in [6, 6.07) is 18.3. The maximum Gasteiger partial charge on any atom is 0.338 e. The van der Waals surface area contributed by atoms with E-state index in [-0.39, 0.29) is 5.56 Å². The summed E-state index contributed by atoms with van der Waals surface area (Å²) in [6.07, 6.45) is 0. The van der Waals surface area contributed by atoms with Gasteiger partial charge in [0, 0.05) is 6.07 Å². The molecule has 0 bridgehead atoms. The summed E-state index contributed by atoms with van der Waals surface area (Å²) < 4.78 is 36.6. The Kier molecular flexibility index (Phi) is 6.75. The molecule has 30 heavy (non-hydrogen) atoms. The summed E-state index contributed by atoms with van der Waals surface area (Å²) in [5.74, 6) is -2.70. The van der Waals surface area contributed by atoms with Crippen molar-refractivity contribution in [1.29, 1.82) is 0 Å². The van der Waals surface area contributed by atoms with Crippen molar-refractivity contribution in [1.82, 2.24) is 5.32 Å². The van der Waals surface area contributed by atoms with Crippen LogP contribution in [0.1, 0.15) is 27.5 Å². The van der Waals surface area contributed by atoms with E-state index in [0.29, 0.717) is 11.8 Å². The smallest absolute Gasteiger partial charge is 0.338 e. The molecule has 7 heteroatoms. The average molecular weight is 411 g/mol. The van der Waals surface area contributed by atoms with Crippen molar-refractivity contribution in [2.45, 2.75) is 6.04 Å². The number of esters is 1. The summed E-state index contributed by atoms with van der Waals surface area (Å²) >= 11 is 0. The van der Waals surface area contributed by atoms with Crippen LogP contribution in [0, 0.1) is 11.6 Å². The number of amides is 1. The summed E-state index contributed by atoms with van der Waals surface area (Å²) in [7, 11) is 1.56. The maximum atomic E-state index is 13.3. The molecule has 1 atom stereocenters. The third-order valence-electron chi connectivity index (χ3n) is 4.32. The maximum absolute atomic E-state index is 13.3. The molecule has 0 unspecified atom stereocenters. The highest BCUT2D eigenvalue weighted by Crippen LogP contribution is 2.24. The molecule has 3 aromatic carbocycles. The van der Waals surface area contributed by atoms with Gasteiger partial charge in [0.15, 0.2) is 6.61 Å². The SMILES string of the molecule is COc1ccc([C@H](NC(=O)COC(=O)c2cc(F)cc(F)c2)c2ccccc2)cc1. The first kappa shape index (κ1) is 21.0. The van der Waals surface area contributed by atoms with Crippen LogP contribution in [0.4, 0.5) is 8.78 Å². The minimum Gasteiger partial charge on any atom is -0.497 e. The Hall–Kier alpha value is -3.74. The third kappa shape index (κ3) is 5.41. The zero-order valence-electron chi connectivity index (χ0n) is 16.1. The van der Waals surface area contributed by atoms with Crippen LogP contribution in [0.2, 0.25) is 0 Å². The first-order chi connectivity index (χ1) is 14.5. The topological polar surface area (TPSA) is 64.6 Å². The fourth-order valence-electron chi connectivity index (χ4n) is 2.89. The second kappa shape index (κ2) is 9.65. The third-order valence-corrected chi connectivity index (χ3v) is 4.32. The Bertz CT molecular complexity index is 1000. The number of carbonyl (C=O) groups excluding carboxylic acids is 2. The Morgan fingerprint density at radius 3 is 2.10 bits per heavy atom. The van der Waals surface area contributed by atoms with Gasteiger partial charge in [-0.25, -0.2) is 13.6 Å². The van der Waals surface area contributed by atoms with Crippen molar-refractivity contribution in [2.75, 3.05) is 13.7 Å². The highest BCUT2D eigenvalue weighted by Gasteiger charge is 2.19. The van der Waals surface area contributed by atoms with Crippen LogP contribution in [0.15, 0.2) is 72.8 Å². The molecule has 3 aromatic rings. The van der Waals surface area contributed by atoms with Crippen LogP contribution in [-0.2, 0) is 9.53 Å². The first-order valence-corrected chi connectivity index (χ1v) is 9.08. The summed E-state index contributed by atoms with van der Waals surface area (Å²) in [5.41, 5.74) is 1.32. The molecule has 0 aromatic heterocycles. The van der Waals surface area contributed by atoms with Gasteiger partial charge in [-0.1, -0.05) is 42.5 Å². The first-order valence-electron chi connectivity index (χ1n) is 9.08. The Morgan fingerprint density at radius 1 is 0.900 bits per heavy atom. The van der Waals surface area contributed by atoms with Gasteiger partial charge in [-0.15, -0.1) is 0 Å². The lowest BCUT2D eigenvalue weighted by atomic mass is 9.98. The van der Waals surface area contributed by atoms with Gasteiger partial charge in [-0.2, -0.15) is 0 Å². The highest BCUT2D eigenvalue weighted by atomic mass is 19.1. The number of hydrogen-bond acceptors (Lipinski definition) is 4. The van der Waals surface area contributed by atoms with E-state index in [1.807, 2.05) is 42.5 Å². The van der Waals surface area contributed by atoms with Crippen LogP contribution < -0.4 is 10.1 Å². The molecule has 0 saturated heterocycles. The molecule has 0 spiro atoms. The summed E-state index contributed by atoms with van der Waals surface area (Å²) in [6.45, 7) is -0.601. The molecule has 0 aliphatic heterocycles. The molecule has 0 heterocycles. The number of ether oxygens (including phenoxy) is 2. The number of benzene rings is 3. The van der Waals surface area contributed by atoms with Gasteiger partial charge in [-0.05, 0) is 35.4 Å². The van der Waals surface area contributed by atoms with Crippen LogP contribution in [0.3, 0.4) is 0 Å². The van der Waals surface area contributed by atoms with Gasteiger partial charge < -0.3 is 14.8 Å². The van der Waals surface area contributed by atoms with Crippen LogP contribution in [-0.4, -0.2) is 25.6 Å². The van der Waals surface area contributed by atoms with Crippen LogP contribution in [0.25, 0.3) is 0 Å².